The van der Waals surface area contributed by atoms with Crippen LogP contribution in [-0.2, 0) is 0 Å². The summed E-state index contributed by atoms with van der Waals surface area (Å²) in [7, 11) is 0. The van der Waals surface area contributed by atoms with Gasteiger partial charge < -0.3 is 21.1 Å². The van der Waals surface area contributed by atoms with Crippen molar-refractivity contribution < 1.29 is 15.3 Å². The largest absolute Gasteiger partial charge is 0.390 e. The lowest BCUT2D eigenvalue weighted by Crippen LogP contribution is -2.52. The smallest absolute Gasteiger partial charge is 0.107 e. The fraction of sp³-hybridized carbons (Fsp3) is 1.00. The van der Waals surface area contributed by atoms with Gasteiger partial charge in [-0.2, -0.15) is 0 Å². The van der Waals surface area contributed by atoms with Crippen molar-refractivity contribution in [1.82, 2.24) is 0 Å². The third kappa shape index (κ3) is 1.29. The monoisotopic (exact) mass is 147 g/mol. The molecule has 60 valence electrons. The Hall–Kier alpha value is -0.160. The number of nitrogens with two attached hydrogens (primary N) is 1. The van der Waals surface area contributed by atoms with Gasteiger partial charge in [0.2, 0.25) is 0 Å². The molecule has 0 radical (unpaired) electrons. The molecule has 4 atom stereocenters. The Morgan fingerprint density at radius 2 is 1.60 bits per heavy atom. The Morgan fingerprint density at radius 3 is 2.10 bits per heavy atom. The summed E-state index contributed by atoms with van der Waals surface area (Å²) in [6.45, 7) is 0. The molecular formula is C6H13NO3. The van der Waals surface area contributed by atoms with Gasteiger partial charge in [0.25, 0.3) is 0 Å². The van der Waals surface area contributed by atoms with E-state index in [2.05, 4.69) is 0 Å². The van der Waals surface area contributed by atoms with E-state index in [0.717, 1.165) is 0 Å². The maximum Gasteiger partial charge on any atom is 0.107 e. The molecule has 0 amide bonds. The van der Waals surface area contributed by atoms with Gasteiger partial charge in [0.15, 0.2) is 0 Å². The lowest BCUT2D eigenvalue weighted by molar-refractivity contribution is -0.0924. The molecular weight excluding hydrogens is 134 g/mol. The van der Waals surface area contributed by atoms with E-state index in [0.29, 0.717) is 12.8 Å². The Morgan fingerprint density at radius 1 is 1.00 bits per heavy atom. The van der Waals surface area contributed by atoms with Crippen molar-refractivity contribution >= 4 is 0 Å². The fourth-order valence-electron chi connectivity index (χ4n) is 1.19. The molecule has 0 heterocycles. The fourth-order valence-corrected chi connectivity index (χ4v) is 1.19. The van der Waals surface area contributed by atoms with E-state index in [9.17, 15) is 0 Å². The van der Waals surface area contributed by atoms with Gasteiger partial charge in [0, 0.05) is 6.04 Å². The summed E-state index contributed by atoms with van der Waals surface area (Å²) in [6, 6.07) is -0.390. The van der Waals surface area contributed by atoms with Crippen LogP contribution in [0.1, 0.15) is 12.8 Å². The van der Waals surface area contributed by atoms with Gasteiger partial charge in [-0.05, 0) is 12.8 Å². The van der Waals surface area contributed by atoms with Crippen LogP contribution in [0, 0.1) is 0 Å². The first kappa shape index (κ1) is 7.94. The van der Waals surface area contributed by atoms with E-state index >= 15 is 0 Å². The summed E-state index contributed by atoms with van der Waals surface area (Å²) >= 11 is 0. The molecule has 5 N–H and O–H groups in total. The highest BCUT2D eigenvalue weighted by Crippen LogP contribution is 2.17. The third-order valence-electron chi connectivity index (χ3n) is 1.98. The van der Waals surface area contributed by atoms with Crippen LogP contribution in [0.25, 0.3) is 0 Å². The SMILES string of the molecule is N[C@@H]1CC[C@@H](O)[C@H](O)[C@H]1O. The van der Waals surface area contributed by atoms with Gasteiger partial charge in [0.05, 0.1) is 12.2 Å². The first-order valence-corrected chi connectivity index (χ1v) is 3.42. The molecule has 0 aliphatic heterocycles. The molecule has 0 aromatic carbocycles. The standard InChI is InChI=1S/C6H13NO3/c7-3-1-2-4(8)6(10)5(3)9/h3-6,8-10H,1-2,7H2/t3-,4-,5+,6+/m1/s1. The van der Waals surface area contributed by atoms with Crippen molar-refractivity contribution in [2.45, 2.75) is 37.2 Å². The van der Waals surface area contributed by atoms with Gasteiger partial charge in [-0.1, -0.05) is 0 Å². The lowest BCUT2D eigenvalue weighted by Gasteiger charge is -2.32. The summed E-state index contributed by atoms with van der Waals surface area (Å²) in [5.74, 6) is 0. The molecule has 0 aromatic heterocycles. The van der Waals surface area contributed by atoms with Crippen LogP contribution in [-0.4, -0.2) is 39.7 Å². The lowest BCUT2D eigenvalue weighted by atomic mass is 9.88. The van der Waals surface area contributed by atoms with Crippen LogP contribution >= 0.6 is 0 Å². The van der Waals surface area contributed by atoms with Crippen molar-refractivity contribution in [2.24, 2.45) is 5.73 Å². The average Bonchev–Trinajstić information content (AvgIpc) is 1.93. The Labute approximate surface area is 59.3 Å². The van der Waals surface area contributed by atoms with Crippen LogP contribution in [0.4, 0.5) is 0 Å². The van der Waals surface area contributed by atoms with Crippen LogP contribution in [0.15, 0.2) is 0 Å². The van der Waals surface area contributed by atoms with Crippen molar-refractivity contribution in [3.05, 3.63) is 0 Å². The Bertz CT molecular complexity index is 106. The quantitative estimate of drug-likeness (QED) is 0.325. The van der Waals surface area contributed by atoms with E-state index < -0.39 is 24.4 Å². The van der Waals surface area contributed by atoms with Crippen molar-refractivity contribution in [3.8, 4) is 0 Å². The van der Waals surface area contributed by atoms with Gasteiger partial charge in [-0.15, -0.1) is 0 Å². The van der Waals surface area contributed by atoms with E-state index in [1.54, 1.807) is 0 Å². The molecule has 0 bridgehead atoms. The molecule has 1 rings (SSSR count). The molecule has 10 heavy (non-hydrogen) atoms. The zero-order valence-electron chi connectivity index (χ0n) is 5.64. The maximum atomic E-state index is 9.08. The zero-order chi connectivity index (χ0) is 7.72. The summed E-state index contributed by atoms with van der Waals surface area (Å²) < 4.78 is 0. The predicted octanol–water partition coefficient (Wildman–Crippen LogP) is -1.81. The normalized spacial score (nSPS) is 49.2. The predicted molar refractivity (Wildman–Crippen MR) is 35.2 cm³/mol. The first-order valence-electron chi connectivity index (χ1n) is 3.42. The molecule has 0 unspecified atom stereocenters. The Balaban J connectivity index is 2.52. The molecule has 1 aliphatic rings. The zero-order valence-corrected chi connectivity index (χ0v) is 5.64. The van der Waals surface area contributed by atoms with Crippen LogP contribution in [0.2, 0.25) is 0 Å². The Kier molecular flexibility index (Phi) is 2.25. The number of aliphatic hydroxyl groups is 3. The van der Waals surface area contributed by atoms with Gasteiger partial charge in [-0.3, -0.25) is 0 Å². The topological polar surface area (TPSA) is 86.7 Å². The molecule has 1 saturated carbocycles. The van der Waals surface area contributed by atoms with Gasteiger partial charge in [-0.25, -0.2) is 0 Å². The summed E-state index contributed by atoms with van der Waals surface area (Å²) in [5, 5.41) is 27.1. The van der Waals surface area contributed by atoms with Crippen LogP contribution in [0.5, 0.6) is 0 Å². The minimum Gasteiger partial charge on any atom is -0.390 e. The second kappa shape index (κ2) is 2.84. The number of hydrogen-bond donors (Lipinski definition) is 4. The van der Waals surface area contributed by atoms with Gasteiger partial charge in [0.1, 0.15) is 6.10 Å². The number of aliphatic hydroxyl groups excluding tert-OH is 3. The molecule has 0 spiro atoms. The van der Waals surface area contributed by atoms with Crippen molar-refractivity contribution in [3.63, 3.8) is 0 Å². The average molecular weight is 147 g/mol. The van der Waals surface area contributed by atoms with Crippen LogP contribution in [0.3, 0.4) is 0 Å². The molecule has 0 saturated heterocycles. The van der Waals surface area contributed by atoms with Crippen LogP contribution < -0.4 is 5.73 Å². The summed E-state index contributed by atoms with van der Waals surface area (Å²) in [5.41, 5.74) is 5.41. The highest BCUT2D eigenvalue weighted by molar-refractivity contribution is 4.89. The minimum absolute atomic E-state index is 0.390. The third-order valence-corrected chi connectivity index (χ3v) is 1.98. The molecule has 4 nitrogen and oxygen atoms in total. The van der Waals surface area contributed by atoms with E-state index in [4.69, 9.17) is 21.1 Å². The molecule has 1 aliphatic carbocycles. The van der Waals surface area contributed by atoms with Gasteiger partial charge >= 0.3 is 0 Å². The molecule has 0 aromatic rings. The summed E-state index contributed by atoms with van der Waals surface area (Å²) in [6.07, 6.45) is -1.80. The van der Waals surface area contributed by atoms with Crippen molar-refractivity contribution in [1.29, 1.82) is 0 Å². The second-order valence-corrected chi connectivity index (χ2v) is 2.79. The number of hydrogen-bond acceptors (Lipinski definition) is 4. The number of rotatable bonds is 0. The van der Waals surface area contributed by atoms with E-state index in [1.165, 1.54) is 0 Å². The van der Waals surface area contributed by atoms with Crippen molar-refractivity contribution in [2.75, 3.05) is 0 Å². The minimum atomic E-state index is -1.07. The highest BCUT2D eigenvalue weighted by atomic mass is 16.4. The second-order valence-electron chi connectivity index (χ2n) is 2.79. The maximum absolute atomic E-state index is 9.08. The van der Waals surface area contributed by atoms with E-state index in [1.807, 2.05) is 0 Å². The molecule has 4 heteroatoms. The van der Waals surface area contributed by atoms with E-state index in [-0.39, 0.29) is 0 Å². The first-order chi connectivity index (χ1) is 4.63. The summed E-state index contributed by atoms with van der Waals surface area (Å²) in [4.78, 5) is 0. The molecule has 1 fully saturated rings. The highest BCUT2D eigenvalue weighted by Gasteiger charge is 2.34.